The van der Waals surface area contributed by atoms with Gasteiger partial charge in [0.15, 0.2) is 0 Å². The zero-order valence-corrected chi connectivity index (χ0v) is 10.8. The van der Waals surface area contributed by atoms with Crippen molar-refractivity contribution in [2.75, 3.05) is 24.6 Å². The van der Waals surface area contributed by atoms with Gasteiger partial charge in [-0.1, -0.05) is 6.07 Å². The van der Waals surface area contributed by atoms with Gasteiger partial charge >= 0.3 is 0 Å². The normalized spacial score (nSPS) is 20.4. The summed E-state index contributed by atoms with van der Waals surface area (Å²) < 4.78 is 1.09. The molecule has 16 heavy (non-hydrogen) atoms. The molecule has 3 nitrogen and oxygen atoms in total. The third kappa shape index (κ3) is 2.39. The van der Waals surface area contributed by atoms with Crippen LogP contribution >= 0.6 is 15.9 Å². The van der Waals surface area contributed by atoms with E-state index in [1.54, 1.807) is 0 Å². The molecule has 1 aromatic rings. The van der Waals surface area contributed by atoms with Crippen LogP contribution in [0.2, 0.25) is 0 Å². The molecular formula is C12H17BrN2O. The Bertz CT molecular complexity index is 370. The second kappa shape index (κ2) is 5.17. The average molecular weight is 285 g/mol. The van der Waals surface area contributed by atoms with Gasteiger partial charge in [0, 0.05) is 36.6 Å². The SMILES string of the molecule is NCc1ccc(N2CCC(CO)C2)c(Br)c1. The molecule has 0 aromatic heterocycles. The number of aliphatic hydroxyl groups is 1. The molecule has 1 atom stereocenters. The van der Waals surface area contributed by atoms with E-state index in [0.717, 1.165) is 29.5 Å². The van der Waals surface area contributed by atoms with E-state index in [4.69, 9.17) is 10.8 Å². The molecule has 3 N–H and O–H groups in total. The van der Waals surface area contributed by atoms with Gasteiger partial charge in [-0.15, -0.1) is 0 Å². The number of nitrogens with two attached hydrogens (primary N) is 1. The van der Waals surface area contributed by atoms with E-state index in [1.165, 1.54) is 5.69 Å². The van der Waals surface area contributed by atoms with Crippen molar-refractivity contribution >= 4 is 21.6 Å². The van der Waals surface area contributed by atoms with Gasteiger partial charge in [0.05, 0.1) is 5.69 Å². The Morgan fingerprint density at radius 3 is 2.88 bits per heavy atom. The first-order valence-electron chi connectivity index (χ1n) is 5.59. The fourth-order valence-corrected chi connectivity index (χ4v) is 2.81. The Hall–Kier alpha value is -0.580. The van der Waals surface area contributed by atoms with Crippen LogP contribution in [0.25, 0.3) is 0 Å². The second-order valence-electron chi connectivity index (χ2n) is 4.27. The lowest BCUT2D eigenvalue weighted by atomic mass is 10.1. The first-order valence-corrected chi connectivity index (χ1v) is 6.38. The highest BCUT2D eigenvalue weighted by Crippen LogP contribution is 2.31. The van der Waals surface area contributed by atoms with Crippen molar-refractivity contribution in [1.82, 2.24) is 0 Å². The van der Waals surface area contributed by atoms with E-state index in [2.05, 4.69) is 39.0 Å². The zero-order chi connectivity index (χ0) is 11.5. The number of anilines is 1. The van der Waals surface area contributed by atoms with Gasteiger partial charge in [-0.3, -0.25) is 0 Å². The Balaban J connectivity index is 2.15. The van der Waals surface area contributed by atoms with Crippen molar-refractivity contribution in [3.63, 3.8) is 0 Å². The van der Waals surface area contributed by atoms with E-state index in [-0.39, 0.29) is 6.61 Å². The highest BCUT2D eigenvalue weighted by Gasteiger charge is 2.23. The van der Waals surface area contributed by atoms with Gasteiger partial charge in [0.1, 0.15) is 0 Å². The fourth-order valence-electron chi connectivity index (χ4n) is 2.13. The van der Waals surface area contributed by atoms with Crippen molar-refractivity contribution in [3.05, 3.63) is 28.2 Å². The average Bonchev–Trinajstić information content (AvgIpc) is 2.77. The number of aliphatic hydroxyl groups excluding tert-OH is 1. The number of benzene rings is 1. The molecule has 0 aliphatic carbocycles. The lowest BCUT2D eigenvalue weighted by Gasteiger charge is -2.20. The van der Waals surface area contributed by atoms with Crippen LogP contribution in [0.3, 0.4) is 0 Å². The molecule has 0 amide bonds. The molecule has 0 bridgehead atoms. The maximum atomic E-state index is 9.13. The molecule has 88 valence electrons. The van der Waals surface area contributed by atoms with Crippen LogP contribution < -0.4 is 10.6 Å². The van der Waals surface area contributed by atoms with E-state index in [0.29, 0.717) is 12.5 Å². The molecule has 1 saturated heterocycles. The molecule has 1 heterocycles. The monoisotopic (exact) mass is 284 g/mol. The summed E-state index contributed by atoms with van der Waals surface area (Å²) in [5.74, 6) is 0.418. The summed E-state index contributed by atoms with van der Waals surface area (Å²) in [6.45, 7) is 2.82. The number of hydrogen-bond acceptors (Lipinski definition) is 3. The molecule has 0 radical (unpaired) electrons. The van der Waals surface area contributed by atoms with Crippen LogP contribution in [0, 0.1) is 5.92 Å². The van der Waals surface area contributed by atoms with Gasteiger partial charge in [-0.2, -0.15) is 0 Å². The molecule has 1 aromatic carbocycles. The maximum absolute atomic E-state index is 9.13. The predicted octanol–water partition coefficient (Wildman–Crippen LogP) is 1.73. The zero-order valence-electron chi connectivity index (χ0n) is 9.19. The minimum Gasteiger partial charge on any atom is -0.396 e. The van der Waals surface area contributed by atoms with Gasteiger partial charge in [0.2, 0.25) is 0 Å². The Kier molecular flexibility index (Phi) is 3.84. The summed E-state index contributed by atoms with van der Waals surface area (Å²) >= 11 is 3.58. The van der Waals surface area contributed by atoms with Crippen molar-refractivity contribution in [3.8, 4) is 0 Å². The van der Waals surface area contributed by atoms with E-state index in [1.807, 2.05) is 0 Å². The molecule has 1 aliphatic heterocycles. The van der Waals surface area contributed by atoms with Crippen LogP contribution in [0.1, 0.15) is 12.0 Å². The van der Waals surface area contributed by atoms with E-state index in [9.17, 15) is 0 Å². The van der Waals surface area contributed by atoms with Crippen molar-refractivity contribution < 1.29 is 5.11 Å². The van der Waals surface area contributed by atoms with E-state index >= 15 is 0 Å². The molecule has 4 heteroatoms. The Morgan fingerprint density at radius 1 is 1.50 bits per heavy atom. The van der Waals surface area contributed by atoms with Gasteiger partial charge < -0.3 is 15.7 Å². The van der Waals surface area contributed by atoms with Crippen LogP contribution in [0.15, 0.2) is 22.7 Å². The minimum absolute atomic E-state index is 0.287. The molecule has 0 spiro atoms. The highest BCUT2D eigenvalue weighted by molar-refractivity contribution is 9.10. The van der Waals surface area contributed by atoms with Crippen molar-refractivity contribution in [1.29, 1.82) is 0 Å². The van der Waals surface area contributed by atoms with Crippen molar-refractivity contribution in [2.45, 2.75) is 13.0 Å². The summed E-state index contributed by atoms with van der Waals surface area (Å²) in [5.41, 5.74) is 7.93. The van der Waals surface area contributed by atoms with Gasteiger partial charge in [0.25, 0.3) is 0 Å². The third-order valence-corrected chi connectivity index (χ3v) is 3.77. The smallest absolute Gasteiger partial charge is 0.0510 e. The molecule has 1 fully saturated rings. The van der Waals surface area contributed by atoms with Gasteiger partial charge in [-0.25, -0.2) is 0 Å². The lowest BCUT2D eigenvalue weighted by molar-refractivity contribution is 0.238. The maximum Gasteiger partial charge on any atom is 0.0510 e. The first-order chi connectivity index (χ1) is 7.74. The molecular weight excluding hydrogens is 268 g/mol. The molecule has 0 saturated carbocycles. The largest absolute Gasteiger partial charge is 0.396 e. The molecule has 1 aliphatic rings. The summed E-state index contributed by atoms with van der Waals surface area (Å²) in [6.07, 6.45) is 1.07. The standard InChI is InChI=1S/C12H17BrN2O/c13-11-5-9(6-14)1-2-12(11)15-4-3-10(7-15)8-16/h1-2,5,10,16H,3-4,6-8,14H2. The van der Waals surface area contributed by atoms with Crippen molar-refractivity contribution in [2.24, 2.45) is 11.7 Å². The molecule has 1 unspecified atom stereocenters. The summed E-state index contributed by atoms with van der Waals surface area (Å²) in [7, 11) is 0. The Morgan fingerprint density at radius 2 is 2.31 bits per heavy atom. The number of nitrogens with zero attached hydrogens (tertiary/aromatic N) is 1. The van der Waals surface area contributed by atoms with E-state index < -0.39 is 0 Å². The quantitative estimate of drug-likeness (QED) is 0.889. The lowest BCUT2D eigenvalue weighted by Crippen LogP contribution is -2.21. The van der Waals surface area contributed by atoms with Gasteiger partial charge in [-0.05, 0) is 40.0 Å². The summed E-state index contributed by atoms with van der Waals surface area (Å²) in [4.78, 5) is 2.31. The summed E-state index contributed by atoms with van der Waals surface area (Å²) in [5, 5.41) is 9.13. The number of halogens is 1. The minimum atomic E-state index is 0.287. The second-order valence-corrected chi connectivity index (χ2v) is 5.13. The number of rotatable bonds is 3. The topological polar surface area (TPSA) is 49.5 Å². The highest BCUT2D eigenvalue weighted by atomic mass is 79.9. The third-order valence-electron chi connectivity index (χ3n) is 3.13. The summed E-state index contributed by atoms with van der Waals surface area (Å²) in [6, 6.07) is 6.24. The van der Waals surface area contributed by atoms with Crippen LogP contribution in [0.4, 0.5) is 5.69 Å². The van der Waals surface area contributed by atoms with Crippen LogP contribution in [0.5, 0.6) is 0 Å². The van der Waals surface area contributed by atoms with Crippen LogP contribution in [-0.2, 0) is 6.54 Å². The molecule has 2 rings (SSSR count). The Labute approximate surface area is 104 Å². The first kappa shape index (κ1) is 11.9. The number of hydrogen-bond donors (Lipinski definition) is 2. The van der Waals surface area contributed by atoms with Crippen LogP contribution in [-0.4, -0.2) is 24.8 Å². The fraction of sp³-hybridized carbons (Fsp3) is 0.500. The predicted molar refractivity (Wildman–Crippen MR) is 69.4 cm³/mol.